The monoisotopic (exact) mass is 220 g/mol. The van der Waals surface area contributed by atoms with Crippen LogP contribution in [0.15, 0.2) is 6.07 Å². The van der Waals surface area contributed by atoms with Gasteiger partial charge in [0.05, 0.1) is 28.8 Å². The van der Waals surface area contributed by atoms with E-state index in [1.165, 1.54) is 6.07 Å². The van der Waals surface area contributed by atoms with Crippen molar-refractivity contribution < 1.29 is 13.2 Å². The van der Waals surface area contributed by atoms with E-state index in [-0.39, 0.29) is 11.6 Å². The molecule has 0 N–H and O–H groups in total. The zero-order chi connectivity index (χ0) is 10.7. The summed E-state index contributed by atoms with van der Waals surface area (Å²) in [5, 5.41) is 8.49. The molecular formula is C8H4ClF3N2. The summed E-state index contributed by atoms with van der Waals surface area (Å²) in [5.41, 5.74) is -1.31. The predicted octanol–water partition coefficient (Wildman–Crippen LogP) is 2.77. The first kappa shape index (κ1) is 10.8. The molecule has 0 radical (unpaired) electrons. The molecule has 14 heavy (non-hydrogen) atoms. The molecule has 2 nitrogen and oxygen atoms in total. The maximum atomic E-state index is 12.7. The van der Waals surface area contributed by atoms with Crippen LogP contribution in [0.3, 0.4) is 0 Å². The van der Waals surface area contributed by atoms with E-state index in [2.05, 4.69) is 4.98 Å². The standard InChI is InChI=1S/C8H4ClF3N2/c9-2-5-7(8(11)12)4(3-13)1-6(10)14-5/h1,8H,2H2. The van der Waals surface area contributed by atoms with Crippen molar-refractivity contribution >= 4 is 11.6 Å². The van der Waals surface area contributed by atoms with Crippen molar-refractivity contribution in [3.05, 3.63) is 28.8 Å². The fraction of sp³-hybridized carbons (Fsp3) is 0.250. The number of hydrogen-bond acceptors (Lipinski definition) is 2. The van der Waals surface area contributed by atoms with Crippen molar-refractivity contribution in [2.45, 2.75) is 12.3 Å². The minimum absolute atomic E-state index is 0.293. The maximum Gasteiger partial charge on any atom is 0.266 e. The summed E-state index contributed by atoms with van der Waals surface area (Å²) in [6.07, 6.45) is -2.88. The number of alkyl halides is 3. The molecular weight excluding hydrogens is 217 g/mol. The van der Waals surface area contributed by atoms with Crippen molar-refractivity contribution in [3.63, 3.8) is 0 Å². The molecule has 1 heterocycles. The van der Waals surface area contributed by atoms with Gasteiger partial charge in [0.2, 0.25) is 5.95 Å². The van der Waals surface area contributed by atoms with Gasteiger partial charge in [0.15, 0.2) is 0 Å². The van der Waals surface area contributed by atoms with Crippen LogP contribution in [0.2, 0.25) is 0 Å². The first-order valence-electron chi connectivity index (χ1n) is 3.53. The summed E-state index contributed by atoms with van der Waals surface area (Å²) in [4.78, 5) is 3.19. The minimum Gasteiger partial charge on any atom is -0.223 e. The molecule has 1 aromatic heterocycles. The van der Waals surface area contributed by atoms with Gasteiger partial charge in [-0.3, -0.25) is 0 Å². The number of hydrogen-bond donors (Lipinski definition) is 0. The lowest BCUT2D eigenvalue weighted by Gasteiger charge is -2.06. The molecule has 1 rings (SSSR count). The second-order valence-corrected chi connectivity index (χ2v) is 2.67. The van der Waals surface area contributed by atoms with Crippen LogP contribution in [0, 0.1) is 17.3 Å². The minimum atomic E-state index is -2.88. The maximum absolute atomic E-state index is 12.7. The zero-order valence-corrected chi connectivity index (χ0v) is 7.52. The number of nitrogens with zero attached hydrogens (tertiary/aromatic N) is 2. The third-order valence-corrected chi connectivity index (χ3v) is 1.82. The largest absolute Gasteiger partial charge is 0.266 e. The molecule has 74 valence electrons. The van der Waals surface area contributed by atoms with E-state index < -0.39 is 23.5 Å². The zero-order valence-electron chi connectivity index (χ0n) is 6.77. The molecule has 0 unspecified atom stereocenters. The average Bonchev–Trinajstić information content (AvgIpc) is 2.15. The van der Waals surface area contributed by atoms with Crippen LogP contribution in [0.1, 0.15) is 23.2 Å². The van der Waals surface area contributed by atoms with Crippen LogP contribution >= 0.6 is 11.6 Å². The molecule has 0 amide bonds. The quantitative estimate of drug-likeness (QED) is 0.568. The third-order valence-electron chi connectivity index (χ3n) is 1.57. The van der Waals surface area contributed by atoms with Crippen LogP contribution in [0.4, 0.5) is 13.2 Å². The van der Waals surface area contributed by atoms with Gasteiger partial charge in [0, 0.05) is 6.07 Å². The SMILES string of the molecule is N#Cc1cc(F)nc(CCl)c1C(F)F. The van der Waals surface area contributed by atoms with Gasteiger partial charge in [0.25, 0.3) is 6.43 Å². The molecule has 0 atom stereocenters. The molecule has 0 fully saturated rings. The molecule has 1 aromatic rings. The molecule has 0 aliphatic carbocycles. The van der Waals surface area contributed by atoms with E-state index >= 15 is 0 Å². The molecule has 0 spiro atoms. The van der Waals surface area contributed by atoms with Gasteiger partial charge >= 0.3 is 0 Å². The molecule has 6 heteroatoms. The lowest BCUT2D eigenvalue weighted by molar-refractivity contribution is 0.149. The Morgan fingerprint density at radius 1 is 1.57 bits per heavy atom. The Hall–Kier alpha value is -1.28. The summed E-state index contributed by atoms with van der Waals surface area (Å²) in [6.45, 7) is 0. The van der Waals surface area contributed by atoms with Gasteiger partial charge in [-0.2, -0.15) is 9.65 Å². The second kappa shape index (κ2) is 4.29. The highest BCUT2D eigenvalue weighted by atomic mass is 35.5. The fourth-order valence-electron chi connectivity index (χ4n) is 1.01. The van der Waals surface area contributed by atoms with E-state index in [0.717, 1.165) is 0 Å². The van der Waals surface area contributed by atoms with Crippen molar-refractivity contribution in [1.82, 2.24) is 4.98 Å². The third kappa shape index (κ3) is 1.96. The molecule has 0 bridgehead atoms. The lowest BCUT2D eigenvalue weighted by Crippen LogP contribution is -2.02. The second-order valence-electron chi connectivity index (χ2n) is 2.40. The number of pyridine rings is 1. The van der Waals surface area contributed by atoms with Crippen LogP contribution < -0.4 is 0 Å². The Labute approximate surface area is 82.9 Å². The summed E-state index contributed by atoms with van der Waals surface area (Å²) < 4.78 is 37.5. The van der Waals surface area contributed by atoms with E-state index in [9.17, 15) is 13.2 Å². The smallest absolute Gasteiger partial charge is 0.223 e. The van der Waals surface area contributed by atoms with Gasteiger partial charge in [0.1, 0.15) is 0 Å². The highest BCUT2D eigenvalue weighted by Crippen LogP contribution is 2.26. The van der Waals surface area contributed by atoms with E-state index in [1.54, 1.807) is 0 Å². The summed E-state index contributed by atoms with van der Waals surface area (Å²) >= 11 is 5.31. The molecule has 0 aromatic carbocycles. The van der Waals surface area contributed by atoms with Gasteiger partial charge in [-0.25, -0.2) is 13.8 Å². The van der Waals surface area contributed by atoms with Crippen molar-refractivity contribution in [2.75, 3.05) is 0 Å². The van der Waals surface area contributed by atoms with Crippen LogP contribution in [-0.2, 0) is 5.88 Å². The predicted molar refractivity (Wildman–Crippen MR) is 43.4 cm³/mol. The Bertz CT molecular complexity index is 387. The van der Waals surface area contributed by atoms with E-state index in [1.807, 2.05) is 0 Å². The Morgan fingerprint density at radius 3 is 2.64 bits per heavy atom. The van der Waals surface area contributed by atoms with Crippen LogP contribution in [0.5, 0.6) is 0 Å². The first-order valence-corrected chi connectivity index (χ1v) is 4.07. The molecule has 0 aliphatic heterocycles. The summed E-state index contributed by atoms with van der Waals surface area (Å²) in [7, 11) is 0. The number of halogens is 4. The molecule has 0 saturated carbocycles. The number of rotatable bonds is 2. The summed E-state index contributed by atoms with van der Waals surface area (Å²) in [5.74, 6) is -1.34. The highest BCUT2D eigenvalue weighted by molar-refractivity contribution is 6.17. The van der Waals surface area contributed by atoms with Crippen molar-refractivity contribution in [3.8, 4) is 6.07 Å². The summed E-state index contributed by atoms with van der Waals surface area (Å²) in [6, 6.07) is 2.14. The average molecular weight is 221 g/mol. The first-order chi connectivity index (χ1) is 6.60. The molecule has 0 aliphatic rings. The van der Waals surface area contributed by atoms with Crippen molar-refractivity contribution in [1.29, 1.82) is 5.26 Å². The van der Waals surface area contributed by atoms with E-state index in [4.69, 9.17) is 16.9 Å². The highest BCUT2D eigenvalue weighted by Gasteiger charge is 2.20. The topological polar surface area (TPSA) is 36.7 Å². The number of nitriles is 1. The Balaban J connectivity index is 3.42. The van der Waals surface area contributed by atoms with Gasteiger partial charge in [-0.15, -0.1) is 11.6 Å². The lowest BCUT2D eigenvalue weighted by atomic mass is 10.1. The van der Waals surface area contributed by atoms with E-state index in [0.29, 0.717) is 6.07 Å². The van der Waals surface area contributed by atoms with Crippen LogP contribution in [-0.4, -0.2) is 4.98 Å². The normalized spacial score (nSPS) is 10.3. The fourth-order valence-corrected chi connectivity index (χ4v) is 1.22. The van der Waals surface area contributed by atoms with Crippen molar-refractivity contribution in [2.24, 2.45) is 0 Å². The Kier molecular flexibility index (Phi) is 3.31. The van der Waals surface area contributed by atoms with Gasteiger partial charge < -0.3 is 0 Å². The number of aromatic nitrogens is 1. The molecule has 0 saturated heterocycles. The van der Waals surface area contributed by atoms with Gasteiger partial charge in [-0.05, 0) is 0 Å². The Morgan fingerprint density at radius 2 is 2.21 bits per heavy atom. The van der Waals surface area contributed by atoms with Gasteiger partial charge in [-0.1, -0.05) is 0 Å². The van der Waals surface area contributed by atoms with Crippen LogP contribution in [0.25, 0.3) is 0 Å².